The van der Waals surface area contributed by atoms with Gasteiger partial charge in [-0.05, 0) is 89.8 Å². The van der Waals surface area contributed by atoms with E-state index in [4.69, 9.17) is 0 Å². The summed E-state index contributed by atoms with van der Waals surface area (Å²) < 4.78 is 0. The molecule has 9 atom stereocenters. The molecular weight excluding hydrogens is 408 g/mol. The van der Waals surface area contributed by atoms with E-state index in [1.54, 1.807) is 0 Å². The third kappa shape index (κ3) is 7.87. The maximum absolute atomic E-state index is 4.65. The first kappa shape index (κ1) is 31.8. The van der Waals surface area contributed by atoms with Crippen LogP contribution >= 0.6 is 0 Å². The summed E-state index contributed by atoms with van der Waals surface area (Å²) in [7, 11) is 0. The summed E-state index contributed by atoms with van der Waals surface area (Å²) in [5, 5.41) is 0. The number of rotatable bonds is 16. The molecule has 1 aliphatic rings. The summed E-state index contributed by atoms with van der Waals surface area (Å²) in [6, 6.07) is 0. The Morgan fingerprint density at radius 2 is 1.47 bits per heavy atom. The van der Waals surface area contributed by atoms with Crippen molar-refractivity contribution in [2.45, 2.75) is 135 Å². The maximum Gasteiger partial charge on any atom is -0.0149 e. The van der Waals surface area contributed by atoms with Gasteiger partial charge < -0.3 is 0 Å². The van der Waals surface area contributed by atoms with Crippen LogP contribution in [-0.4, -0.2) is 0 Å². The van der Waals surface area contributed by atoms with Gasteiger partial charge in [0.25, 0.3) is 0 Å². The smallest absolute Gasteiger partial charge is 0.0149 e. The first-order valence-corrected chi connectivity index (χ1v) is 15.4. The second-order valence-corrected chi connectivity index (χ2v) is 14.3. The quantitative estimate of drug-likeness (QED) is 0.195. The molecule has 0 N–H and O–H groups in total. The van der Waals surface area contributed by atoms with E-state index < -0.39 is 0 Å². The van der Waals surface area contributed by atoms with Gasteiger partial charge in [-0.15, -0.1) is 0 Å². The molecule has 0 aromatic rings. The second-order valence-electron chi connectivity index (χ2n) is 14.3. The zero-order chi connectivity index (χ0) is 26.4. The molecule has 0 amide bonds. The fourth-order valence-corrected chi connectivity index (χ4v) is 7.52. The Labute approximate surface area is 217 Å². The Hall–Kier alpha value is -0.260. The van der Waals surface area contributed by atoms with Gasteiger partial charge in [-0.25, -0.2) is 0 Å². The average molecular weight is 475 g/mol. The highest BCUT2D eigenvalue weighted by molar-refractivity contribution is 5.12. The molecule has 0 aromatic carbocycles. The molecule has 0 radical (unpaired) electrons. The summed E-state index contributed by atoms with van der Waals surface area (Å²) >= 11 is 0. The van der Waals surface area contributed by atoms with Crippen LogP contribution < -0.4 is 0 Å². The van der Waals surface area contributed by atoms with Crippen LogP contribution in [0.5, 0.6) is 0 Å². The van der Waals surface area contributed by atoms with E-state index in [2.05, 4.69) is 96.6 Å². The van der Waals surface area contributed by atoms with Crippen molar-refractivity contribution in [3.63, 3.8) is 0 Å². The van der Waals surface area contributed by atoms with E-state index >= 15 is 0 Å². The van der Waals surface area contributed by atoms with Crippen molar-refractivity contribution < 1.29 is 0 Å². The highest BCUT2D eigenvalue weighted by atomic mass is 14.6. The van der Waals surface area contributed by atoms with Gasteiger partial charge in [-0.2, -0.15) is 0 Å². The third-order valence-corrected chi connectivity index (χ3v) is 11.1. The zero-order valence-corrected chi connectivity index (χ0v) is 26.0. The van der Waals surface area contributed by atoms with E-state index in [9.17, 15) is 0 Å². The molecular formula is C34H66. The van der Waals surface area contributed by atoms with E-state index in [1.807, 2.05) is 0 Å². The molecule has 202 valence electrons. The van der Waals surface area contributed by atoms with Crippen LogP contribution in [0.3, 0.4) is 0 Å². The van der Waals surface area contributed by atoms with Gasteiger partial charge in [-0.3, -0.25) is 0 Å². The van der Waals surface area contributed by atoms with Crippen molar-refractivity contribution in [3.8, 4) is 0 Å². The Balaban J connectivity index is 3.06. The molecule has 0 spiro atoms. The molecule has 0 nitrogen and oxygen atoms in total. The summed E-state index contributed by atoms with van der Waals surface area (Å²) in [5.74, 6) is 8.75. The van der Waals surface area contributed by atoms with Crippen molar-refractivity contribution in [2.75, 3.05) is 0 Å². The lowest BCUT2D eigenvalue weighted by Gasteiger charge is -2.58. The SMILES string of the molecule is C=C(C(C)C)C(C(C)C)C1CC(C(C)(CC)CC(C)CC)C1CCCC(C)C(C)C(C)C(C)C. The summed E-state index contributed by atoms with van der Waals surface area (Å²) in [4.78, 5) is 0. The number of hydrogen-bond donors (Lipinski definition) is 0. The van der Waals surface area contributed by atoms with Gasteiger partial charge in [0.15, 0.2) is 0 Å². The van der Waals surface area contributed by atoms with Crippen LogP contribution in [0.4, 0.5) is 0 Å². The second kappa shape index (κ2) is 13.9. The molecule has 0 heteroatoms. The lowest BCUT2D eigenvalue weighted by molar-refractivity contribution is -0.0764. The molecule has 1 saturated carbocycles. The van der Waals surface area contributed by atoms with Crippen LogP contribution in [-0.2, 0) is 0 Å². The normalized spacial score (nSPS) is 27.2. The lowest BCUT2D eigenvalue weighted by Crippen LogP contribution is -2.50. The largest absolute Gasteiger partial charge is 0.0993 e. The summed E-state index contributed by atoms with van der Waals surface area (Å²) in [6.07, 6.45) is 9.75. The van der Waals surface area contributed by atoms with Crippen molar-refractivity contribution in [1.29, 1.82) is 0 Å². The third-order valence-electron chi connectivity index (χ3n) is 11.1. The predicted molar refractivity (Wildman–Crippen MR) is 156 cm³/mol. The Kier molecular flexibility index (Phi) is 13.0. The molecule has 1 aliphatic carbocycles. The van der Waals surface area contributed by atoms with Crippen molar-refractivity contribution in [2.24, 2.45) is 70.5 Å². The molecule has 0 bridgehead atoms. The first-order valence-electron chi connectivity index (χ1n) is 15.4. The Morgan fingerprint density at radius 1 is 0.882 bits per heavy atom. The number of hydrogen-bond acceptors (Lipinski definition) is 0. The summed E-state index contributed by atoms with van der Waals surface area (Å²) in [6.45, 7) is 36.6. The Bertz CT molecular complexity index is 583. The van der Waals surface area contributed by atoms with Gasteiger partial charge in [0.1, 0.15) is 0 Å². The number of allylic oxidation sites excluding steroid dienone is 1. The van der Waals surface area contributed by atoms with Crippen molar-refractivity contribution >= 4 is 0 Å². The van der Waals surface area contributed by atoms with Gasteiger partial charge in [0, 0.05) is 0 Å². The molecule has 0 aromatic heterocycles. The van der Waals surface area contributed by atoms with Gasteiger partial charge in [0.2, 0.25) is 0 Å². The fourth-order valence-electron chi connectivity index (χ4n) is 7.52. The van der Waals surface area contributed by atoms with E-state index in [1.165, 1.54) is 50.5 Å². The van der Waals surface area contributed by atoms with E-state index in [0.717, 1.165) is 47.3 Å². The van der Waals surface area contributed by atoms with E-state index in [0.29, 0.717) is 23.2 Å². The van der Waals surface area contributed by atoms with Gasteiger partial charge in [0.05, 0.1) is 0 Å². The monoisotopic (exact) mass is 475 g/mol. The van der Waals surface area contributed by atoms with Gasteiger partial charge in [-0.1, -0.05) is 128 Å². The molecule has 0 aliphatic heterocycles. The van der Waals surface area contributed by atoms with Gasteiger partial charge >= 0.3 is 0 Å². The van der Waals surface area contributed by atoms with Crippen molar-refractivity contribution in [1.82, 2.24) is 0 Å². The van der Waals surface area contributed by atoms with Crippen LogP contribution in [0.2, 0.25) is 0 Å². The van der Waals surface area contributed by atoms with Crippen molar-refractivity contribution in [3.05, 3.63) is 12.2 Å². The minimum absolute atomic E-state index is 0.502. The fraction of sp³-hybridized carbons (Fsp3) is 0.941. The van der Waals surface area contributed by atoms with E-state index in [-0.39, 0.29) is 0 Å². The molecule has 1 rings (SSSR count). The predicted octanol–water partition coefficient (Wildman–Crippen LogP) is 11.3. The molecule has 0 heterocycles. The maximum atomic E-state index is 4.65. The first-order chi connectivity index (χ1) is 15.7. The molecule has 34 heavy (non-hydrogen) atoms. The zero-order valence-electron chi connectivity index (χ0n) is 26.0. The summed E-state index contributed by atoms with van der Waals surface area (Å²) in [5.41, 5.74) is 2.03. The van der Waals surface area contributed by atoms with Crippen LogP contribution in [0.25, 0.3) is 0 Å². The Morgan fingerprint density at radius 3 is 1.91 bits per heavy atom. The minimum atomic E-state index is 0.502. The highest BCUT2D eigenvalue weighted by Gasteiger charge is 2.52. The van der Waals surface area contributed by atoms with Crippen LogP contribution in [0.1, 0.15) is 135 Å². The lowest BCUT2D eigenvalue weighted by atomic mass is 9.47. The molecule has 9 unspecified atom stereocenters. The molecule has 1 fully saturated rings. The topological polar surface area (TPSA) is 0 Å². The standard InChI is InChI=1S/C34H66/c1-15-25(9)21-34(14,16-2)32-20-31(33(24(7)8)28(12)23(5)6)30(32)19-17-18-26(10)29(13)27(11)22(3)4/h22-27,29-33H,12,15-21H2,1-11,13-14H3. The average Bonchev–Trinajstić information content (AvgIpc) is 2.76. The highest BCUT2D eigenvalue weighted by Crippen LogP contribution is 2.60. The van der Waals surface area contributed by atoms with Crippen LogP contribution in [0.15, 0.2) is 12.2 Å². The minimum Gasteiger partial charge on any atom is -0.0993 e. The van der Waals surface area contributed by atoms with Crippen LogP contribution in [0, 0.1) is 70.5 Å². The molecule has 0 saturated heterocycles.